The molecule has 2 rings (SSSR count). The SMILES string of the molecule is N/C(=N/N=C\c1ccc(Cl)cc1)c1ccccn1. The number of nitrogens with zero attached hydrogens (tertiary/aromatic N) is 3. The van der Waals surface area contributed by atoms with Gasteiger partial charge in [-0.1, -0.05) is 29.8 Å². The Balaban J connectivity index is 2.08. The fourth-order valence-electron chi connectivity index (χ4n) is 1.27. The van der Waals surface area contributed by atoms with Gasteiger partial charge in [0.25, 0.3) is 0 Å². The van der Waals surface area contributed by atoms with Crippen molar-refractivity contribution in [2.75, 3.05) is 0 Å². The average molecular weight is 259 g/mol. The molecule has 1 aromatic heterocycles. The highest BCUT2D eigenvalue weighted by Crippen LogP contribution is 2.07. The molecule has 5 heteroatoms. The molecule has 0 spiro atoms. The van der Waals surface area contributed by atoms with E-state index in [0.29, 0.717) is 10.7 Å². The Labute approximate surface area is 110 Å². The molecule has 0 radical (unpaired) electrons. The summed E-state index contributed by atoms with van der Waals surface area (Å²) in [4.78, 5) is 4.07. The zero-order chi connectivity index (χ0) is 12.8. The van der Waals surface area contributed by atoms with E-state index in [1.165, 1.54) is 0 Å². The maximum absolute atomic E-state index is 5.78. The van der Waals surface area contributed by atoms with Crippen LogP contribution in [0.15, 0.2) is 58.9 Å². The maximum atomic E-state index is 5.78. The van der Waals surface area contributed by atoms with E-state index in [9.17, 15) is 0 Å². The molecule has 0 saturated heterocycles. The predicted octanol–water partition coefficient (Wildman–Crippen LogP) is 2.47. The van der Waals surface area contributed by atoms with Crippen molar-refractivity contribution in [3.05, 3.63) is 64.9 Å². The van der Waals surface area contributed by atoms with Crippen LogP contribution in [0.25, 0.3) is 0 Å². The Kier molecular flexibility index (Phi) is 4.04. The second-order valence-electron chi connectivity index (χ2n) is 3.50. The second kappa shape index (κ2) is 5.93. The topological polar surface area (TPSA) is 63.6 Å². The van der Waals surface area contributed by atoms with E-state index < -0.39 is 0 Å². The van der Waals surface area contributed by atoms with Crippen LogP contribution >= 0.6 is 11.6 Å². The minimum atomic E-state index is 0.279. The van der Waals surface area contributed by atoms with E-state index in [0.717, 1.165) is 5.56 Å². The molecule has 4 nitrogen and oxygen atoms in total. The highest BCUT2D eigenvalue weighted by molar-refractivity contribution is 6.30. The summed E-state index contributed by atoms with van der Waals surface area (Å²) >= 11 is 5.78. The van der Waals surface area contributed by atoms with Gasteiger partial charge in [0.05, 0.1) is 6.21 Å². The van der Waals surface area contributed by atoms with Crippen molar-refractivity contribution >= 4 is 23.7 Å². The first-order valence-electron chi connectivity index (χ1n) is 5.29. The molecule has 90 valence electrons. The van der Waals surface area contributed by atoms with Crippen LogP contribution in [-0.2, 0) is 0 Å². The summed E-state index contributed by atoms with van der Waals surface area (Å²) in [6, 6.07) is 12.7. The fourth-order valence-corrected chi connectivity index (χ4v) is 1.40. The first-order chi connectivity index (χ1) is 8.75. The molecule has 1 aromatic carbocycles. The van der Waals surface area contributed by atoms with E-state index in [-0.39, 0.29) is 5.84 Å². The summed E-state index contributed by atoms with van der Waals surface area (Å²) in [7, 11) is 0. The second-order valence-corrected chi connectivity index (χ2v) is 3.93. The van der Waals surface area contributed by atoms with Gasteiger partial charge in [-0.05, 0) is 29.8 Å². The molecule has 0 unspecified atom stereocenters. The first-order valence-corrected chi connectivity index (χ1v) is 5.67. The number of rotatable bonds is 3. The maximum Gasteiger partial charge on any atom is 0.171 e. The molecule has 0 atom stereocenters. The predicted molar refractivity (Wildman–Crippen MR) is 74.0 cm³/mol. The van der Waals surface area contributed by atoms with Crippen molar-refractivity contribution < 1.29 is 0 Å². The first kappa shape index (κ1) is 12.3. The zero-order valence-electron chi connectivity index (χ0n) is 9.49. The van der Waals surface area contributed by atoms with Gasteiger partial charge in [0.15, 0.2) is 5.84 Å². The third-order valence-corrected chi connectivity index (χ3v) is 2.42. The van der Waals surface area contributed by atoms with Gasteiger partial charge in [-0.25, -0.2) is 0 Å². The van der Waals surface area contributed by atoms with Gasteiger partial charge < -0.3 is 5.73 Å². The Hall–Kier alpha value is -2.20. The molecule has 2 N–H and O–H groups in total. The van der Waals surface area contributed by atoms with Crippen LogP contribution in [0.2, 0.25) is 5.02 Å². The molecular formula is C13H11ClN4. The number of halogens is 1. The Bertz CT molecular complexity index is 561. The van der Waals surface area contributed by atoms with E-state index in [2.05, 4.69) is 15.2 Å². The van der Waals surface area contributed by atoms with Gasteiger partial charge in [0, 0.05) is 11.2 Å². The van der Waals surface area contributed by atoms with Crippen molar-refractivity contribution in [3.8, 4) is 0 Å². The van der Waals surface area contributed by atoms with Crippen molar-refractivity contribution in [2.45, 2.75) is 0 Å². The number of nitrogens with two attached hydrogens (primary N) is 1. The number of hydrogen-bond donors (Lipinski definition) is 1. The third kappa shape index (κ3) is 3.40. The molecule has 0 aliphatic carbocycles. The Morgan fingerprint density at radius 2 is 1.94 bits per heavy atom. The number of hydrogen-bond acceptors (Lipinski definition) is 3. The van der Waals surface area contributed by atoms with Gasteiger partial charge >= 0.3 is 0 Å². The van der Waals surface area contributed by atoms with Crippen LogP contribution in [0.4, 0.5) is 0 Å². The molecule has 0 amide bonds. The minimum Gasteiger partial charge on any atom is -0.380 e. The van der Waals surface area contributed by atoms with Crippen molar-refractivity contribution in [3.63, 3.8) is 0 Å². The highest BCUT2D eigenvalue weighted by Gasteiger charge is 1.96. The fraction of sp³-hybridized carbons (Fsp3) is 0. The molecule has 0 bridgehead atoms. The molecule has 0 fully saturated rings. The number of amidine groups is 1. The van der Waals surface area contributed by atoms with Crippen molar-refractivity contribution in [2.24, 2.45) is 15.9 Å². The lowest BCUT2D eigenvalue weighted by molar-refractivity contribution is 1.20. The summed E-state index contributed by atoms with van der Waals surface area (Å²) in [5.74, 6) is 0.279. The van der Waals surface area contributed by atoms with Crippen LogP contribution in [0, 0.1) is 0 Å². The van der Waals surface area contributed by atoms with Gasteiger partial charge in [-0.2, -0.15) is 5.10 Å². The van der Waals surface area contributed by atoms with Gasteiger partial charge in [0.1, 0.15) is 5.69 Å². The summed E-state index contributed by atoms with van der Waals surface area (Å²) in [5.41, 5.74) is 7.24. The molecular weight excluding hydrogens is 248 g/mol. The summed E-state index contributed by atoms with van der Waals surface area (Å²) < 4.78 is 0. The highest BCUT2D eigenvalue weighted by atomic mass is 35.5. The largest absolute Gasteiger partial charge is 0.380 e. The lowest BCUT2D eigenvalue weighted by Gasteiger charge is -1.95. The van der Waals surface area contributed by atoms with E-state index in [1.807, 2.05) is 24.3 Å². The standard InChI is InChI=1S/C13H11ClN4/c14-11-6-4-10(5-7-11)9-17-18-13(15)12-3-1-2-8-16-12/h1-9H,(H2,15,18)/b17-9-. The number of benzene rings is 1. The smallest absolute Gasteiger partial charge is 0.171 e. The summed E-state index contributed by atoms with van der Waals surface area (Å²) in [6.45, 7) is 0. The van der Waals surface area contributed by atoms with E-state index in [1.54, 1.807) is 30.6 Å². The lowest BCUT2D eigenvalue weighted by Crippen LogP contribution is -2.14. The van der Waals surface area contributed by atoms with Crippen molar-refractivity contribution in [1.29, 1.82) is 0 Å². The molecule has 0 aliphatic heterocycles. The molecule has 1 heterocycles. The van der Waals surface area contributed by atoms with Crippen LogP contribution in [0.3, 0.4) is 0 Å². The monoisotopic (exact) mass is 258 g/mol. The minimum absolute atomic E-state index is 0.279. The Morgan fingerprint density at radius 3 is 2.61 bits per heavy atom. The third-order valence-electron chi connectivity index (χ3n) is 2.17. The molecule has 18 heavy (non-hydrogen) atoms. The van der Waals surface area contributed by atoms with Gasteiger partial charge in [-0.15, -0.1) is 5.10 Å². The van der Waals surface area contributed by atoms with Crippen LogP contribution in [0.1, 0.15) is 11.3 Å². The van der Waals surface area contributed by atoms with Crippen molar-refractivity contribution in [1.82, 2.24) is 4.98 Å². The van der Waals surface area contributed by atoms with Crippen LogP contribution < -0.4 is 5.73 Å². The molecule has 2 aromatic rings. The quantitative estimate of drug-likeness (QED) is 0.522. The summed E-state index contributed by atoms with van der Waals surface area (Å²) in [5, 5.41) is 8.47. The number of aromatic nitrogens is 1. The van der Waals surface area contributed by atoms with E-state index >= 15 is 0 Å². The van der Waals surface area contributed by atoms with Crippen LogP contribution in [-0.4, -0.2) is 17.0 Å². The lowest BCUT2D eigenvalue weighted by atomic mass is 10.2. The zero-order valence-corrected chi connectivity index (χ0v) is 10.2. The van der Waals surface area contributed by atoms with E-state index in [4.69, 9.17) is 17.3 Å². The molecule has 0 aliphatic rings. The molecule has 0 saturated carbocycles. The number of pyridine rings is 1. The Morgan fingerprint density at radius 1 is 1.17 bits per heavy atom. The van der Waals surface area contributed by atoms with Gasteiger partial charge in [0.2, 0.25) is 0 Å². The summed E-state index contributed by atoms with van der Waals surface area (Å²) in [6.07, 6.45) is 3.26. The van der Waals surface area contributed by atoms with Gasteiger partial charge in [-0.3, -0.25) is 4.98 Å². The average Bonchev–Trinajstić information content (AvgIpc) is 2.42. The van der Waals surface area contributed by atoms with Crippen LogP contribution in [0.5, 0.6) is 0 Å². The normalized spacial score (nSPS) is 11.9.